The standard InChI is InChI=1S/C15H7N3O/c16-7-9-1-2-10-6-12-13(18-14(10)5-9)4-3-11(8-17)15(12)19/h1-6,11H. The molecule has 0 aliphatic heterocycles. The van der Waals surface area contributed by atoms with Gasteiger partial charge in [0, 0.05) is 10.9 Å². The zero-order chi connectivity index (χ0) is 13.4. The van der Waals surface area contributed by atoms with Crippen LogP contribution in [0.4, 0.5) is 0 Å². The van der Waals surface area contributed by atoms with E-state index < -0.39 is 5.92 Å². The molecule has 0 fully saturated rings. The van der Waals surface area contributed by atoms with E-state index in [4.69, 9.17) is 10.5 Å². The molecule has 0 bridgehead atoms. The van der Waals surface area contributed by atoms with Crippen molar-refractivity contribution in [2.45, 2.75) is 0 Å². The van der Waals surface area contributed by atoms with E-state index in [1.807, 2.05) is 6.07 Å². The maximum atomic E-state index is 12.0. The average Bonchev–Trinajstić information content (AvgIpc) is 2.45. The van der Waals surface area contributed by atoms with Gasteiger partial charge in [-0.05, 0) is 24.3 Å². The molecule has 0 radical (unpaired) electrons. The Hall–Kier alpha value is -2.98. The van der Waals surface area contributed by atoms with Crippen LogP contribution in [0.3, 0.4) is 0 Å². The van der Waals surface area contributed by atoms with E-state index in [1.165, 1.54) is 0 Å². The summed E-state index contributed by atoms with van der Waals surface area (Å²) in [5, 5.41) is 18.5. The Morgan fingerprint density at radius 1 is 1.21 bits per heavy atom. The third-order valence-corrected chi connectivity index (χ3v) is 3.11. The van der Waals surface area contributed by atoms with Crippen LogP contribution >= 0.6 is 0 Å². The molecule has 1 unspecified atom stereocenters. The topological polar surface area (TPSA) is 77.5 Å². The Bertz CT molecular complexity index is 822. The van der Waals surface area contributed by atoms with Gasteiger partial charge in [-0.2, -0.15) is 10.5 Å². The Labute approximate surface area is 109 Å². The Morgan fingerprint density at radius 2 is 2.05 bits per heavy atom. The van der Waals surface area contributed by atoms with E-state index in [0.717, 1.165) is 5.39 Å². The molecule has 1 aliphatic rings. The second-order valence-electron chi connectivity index (χ2n) is 4.27. The third kappa shape index (κ3) is 1.67. The molecule has 0 spiro atoms. The van der Waals surface area contributed by atoms with Crippen molar-refractivity contribution in [2.24, 2.45) is 5.92 Å². The van der Waals surface area contributed by atoms with Crippen LogP contribution < -0.4 is 0 Å². The fourth-order valence-corrected chi connectivity index (χ4v) is 2.12. The van der Waals surface area contributed by atoms with Crippen LogP contribution in [0.1, 0.15) is 21.6 Å². The molecule has 1 heterocycles. The Balaban J connectivity index is 2.26. The van der Waals surface area contributed by atoms with Gasteiger partial charge >= 0.3 is 0 Å². The lowest BCUT2D eigenvalue weighted by Gasteiger charge is -2.13. The number of ketones is 1. The summed E-state index contributed by atoms with van der Waals surface area (Å²) in [5.41, 5.74) is 2.22. The van der Waals surface area contributed by atoms with E-state index in [-0.39, 0.29) is 5.78 Å². The first kappa shape index (κ1) is 11.1. The van der Waals surface area contributed by atoms with Crippen LogP contribution in [0.5, 0.6) is 0 Å². The number of aromatic nitrogens is 1. The van der Waals surface area contributed by atoms with E-state index in [1.54, 1.807) is 36.4 Å². The van der Waals surface area contributed by atoms with Crippen molar-refractivity contribution in [1.29, 1.82) is 10.5 Å². The summed E-state index contributed by atoms with van der Waals surface area (Å²) in [6.07, 6.45) is 3.24. The van der Waals surface area contributed by atoms with E-state index in [9.17, 15) is 4.79 Å². The van der Waals surface area contributed by atoms with Crippen LogP contribution in [0.25, 0.3) is 17.0 Å². The highest BCUT2D eigenvalue weighted by atomic mass is 16.1. The fourth-order valence-electron chi connectivity index (χ4n) is 2.12. The maximum absolute atomic E-state index is 12.0. The van der Waals surface area contributed by atoms with E-state index in [2.05, 4.69) is 11.1 Å². The Morgan fingerprint density at radius 3 is 2.79 bits per heavy atom. The van der Waals surface area contributed by atoms with Gasteiger partial charge in [0.05, 0.1) is 28.9 Å². The number of nitriles is 2. The highest BCUT2D eigenvalue weighted by Crippen LogP contribution is 2.25. The molecule has 19 heavy (non-hydrogen) atoms. The van der Waals surface area contributed by atoms with Crippen LogP contribution in [-0.4, -0.2) is 10.8 Å². The summed E-state index contributed by atoms with van der Waals surface area (Å²) in [7, 11) is 0. The molecule has 3 rings (SSSR count). The SMILES string of the molecule is N#Cc1ccc2cc3c(nc2c1)C=CC(C#N)C3=O. The number of rotatable bonds is 0. The summed E-state index contributed by atoms with van der Waals surface area (Å²) in [6.45, 7) is 0. The molecule has 4 nitrogen and oxygen atoms in total. The second kappa shape index (κ2) is 4.04. The van der Waals surface area contributed by atoms with Crippen molar-refractivity contribution in [3.05, 3.63) is 47.2 Å². The number of Topliss-reactive ketones (excluding diaryl/α,β-unsaturated/α-hetero) is 1. The maximum Gasteiger partial charge on any atom is 0.186 e. The second-order valence-corrected chi connectivity index (χ2v) is 4.27. The average molecular weight is 245 g/mol. The van der Waals surface area contributed by atoms with E-state index in [0.29, 0.717) is 22.3 Å². The van der Waals surface area contributed by atoms with Crippen molar-refractivity contribution in [2.75, 3.05) is 0 Å². The fraction of sp³-hybridized carbons (Fsp3) is 0.0667. The smallest absolute Gasteiger partial charge is 0.186 e. The lowest BCUT2D eigenvalue weighted by atomic mass is 9.91. The molecule has 88 valence electrons. The quantitative estimate of drug-likeness (QED) is 0.714. The van der Waals surface area contributed by atoms with Gasteiger partial charge in [0.15, 0.2) is 5.78 Å². The van der Waals surface area contributed by atoms with Crippen molar-refractivity contribution >= 4 is 22.8 Å². The molecule has 1 aromatic carbocycles. The van der Waals surface area contributed by atoms with Gasteiger partial charge < -0.3 is 0 Å². The minimum Gasteiger partial charge on any atom is -0.292 e. The summed E-state index contributed by atoms with van der Waals surface area (Å²) >= 11 is 0. The minimum absolute atomic E-state index is 0.223. The molecule has 0 saturated heterocycles. The normalized spacial score (nSPS) is 16.7. The van der Waals surface area contributed by atoms with Gasteiger partial charge in [0.2, 0.25) is 0 Å². The number of carbonyl (C=O) groups is 1. The third-order valence-electron chi connectivity index (χ3n) is 3.11. The first-order valence-electron chi connectivity index (χ1n) is 5.70. The van der Waals surface area contributed by atoms with Gasteiger partial charge in [0.1, 0.15) is 5.92 Å². The monoisotopic (exact) mass is 245 g/mol. The van der Waals surface area contributed by atoms with Crippen LogP contribution in [0.2, 0.25) is 0 Å². The molecule has 1 aromatic heterocycles. The number of hydrogen-bond acceptors (Lipinski definition) is 4. The molecular formula is C15H7N3O. The number of hydrogen-bond donors (Lipinski definition) is 0. The molecule has 0 amide bonds. The van der Waals surface area contributed by atoms with Gasteiger partial charge in [-0.3, -0.25) is 4.79 Å². The van der Waals surface area contributed by atoms with Gasteiger partial charge in [0.25, 0.3) is 0 Å². The summed E-state index contributed by atoms with van der Waals surface area (Å²) in [5.74, 6) is -0.955. The van der Waals surface area contributed by atoms with Gasteiger partial charge in [-0.1, -0.05) is 12.1 Å². The molecular weight excluding hydrogens is 238 g/mol. The number of allylic oxidation sites excluding steroid dienone is 1. The number of carbonyl (C=O) groups excluding carboxylic acids is 1. The zero-order valence-electron chi connectivity index (χ0n) is 9.79. The molecule has 1 aliphatic carbocycles. The predicted molar refractivity (Wildman–Crippen MR) is 68.9 cm³/mol. The molecule has 2 aromatic rings. The minimum atomic E-state index is -0.731. The van der Waals surface area contributed by atoms with Crippen molar-refractivity contribution < 1.29 is 4.79 Å². The summed E-state index contributed by atoms with van der Waals surface area (Å²) in [6, 6.07) is 10.9. The van der Waals surface area contributed by atoms with Gasteiger partial charge in [-0.25, -0.2) is 4.98 Å². The first-order valence-corrected chi connectivity index (χ1v) is 5.70. The first-order chi connectivity index (χ1) is 9.22. The molecule has 4 heteroatoms. The highest BCUT2D eigenvalue weighted by molar-refractivity contribution is 6.07. The number of fused-ring (bicyclic) bond motifs is 2. The van der Waals surface area contributed by atoms with Crippen LogP contribution in [-0.2, 0) is 0 Å². The molecule has 0 N–H and O–H groups in total. The number of benzene rings is 1. The van der Waals surface area contributed by atoms with Crippen LogP contribution in [0.15, 0.2) is 30.3 Å². The van der Waals surface area contributed by atoms with Crippen LogP contribution in [0, 0.1) is 28.6 Å². The lowest BCUT2D eigenvalue weighted by molar-refractivity contribution is 0.0966. The Kier molecular flexibility index (Phi) is 2.37. The number of pyridine rings is 1. The van der Waals surface area contributed by atoms with E-state index >= 15 is 0 Å². The summed E-state index contributed by atoms with van der Waals surface area (Å²) in [4.78, 5) is 16.4. The lowest BCUT2D eigenvalue weighted by Crippen LogP contribution is -2.16. The van der Waals surface area contributed by atoms with Crippen molar-refractivity contribution in [3.63, 3.8) is 0 Å². The number of nitrogens with zero attached hydrogens (tertiary/aromatic N) is 3. The zero-order valence-corrected chi connectivity index (χ0v) is 9.79. The summed E-state index contributed by atoms with van der Waals surface area (Å²) < 4.78 is 0. The molecule has 0 saturated carbocycles. The molecule has 1 atom stereocenters. The van der Waals surface area contributed by atoms with Crippen molar-refractivity contribution in [3.8, 4) is 12.1 Å². The van der Waals surface area contributed by atoms with Crippen molar-refractivity contribution in [1.82, 2.24) is 4.98 Å². The predicted octanol–water partition coefficient (Wildman–Crippen LogP) is 2.46. The largest absolute Gasteiger partial charge is 0.292 e. The van der Waals surface area contributed by atoms with Gasteiger partial charge in [-0.15, -0.1) is 0 Å². The highest BCUT2D eigenvalue weighted by Gasteiger charge is 2.24.